The van der Waals surface area contributed by atoms with Gasteiger partial charge in [-0.3, -0.25) is 15.1 Å². The molecule has 0 saturated heterocycles. The average molecular weight is 341 g/mol. The quantitative estimate of drug-likeness (QED) is 0.906. The van der Waals surface area contributed by atoms with Crippen molar-refractivity contribution in [1.29, 1.82) is 0 Å². The monoisotopic (exact) mass is 340 g/mol. The highest BCUT2D eigenvalue weighted by molar-refractivity contribution is 9.10. The first kappa shape index (κ1) is 14.1. The van der Waals surface area contributed by atoms with E-state index < -0.39 is 0 Å². The van der Waals surface area contributed by atoms with Crippen molar-refractivity contribution in [2.24, 2.45) is 0 Å². The summed E-state index contributed by atoms with van der Waals surface area (Å²) in [5.74, 6) is -0.230. The number of aryl methyl sites for hydroxylation is 1. The summed E-state index contributed by atoms with van der Waals surface area (Å²) < 4.78 is 0.765. The number of carbonyl (C=O) groups excluding carboxylic acids is 1. The SMILES string of the molecule is CCCCc1nnc(NC(=O)c2cncc(Br)c2)s1. The molecule has 0 aromatic carbocycles. The maximum absolute atomic E-state index is 12.0. The van der Waals surface area contributed by atoms with Crippen LogP contribution in [-0.2, 0) is 6.42 Å². The number of halogens is 1. The molecule has 100 valence electrons. The first-order valence-corrected chi connectivity index (χ1v) is 7.54. The number of hydrogen-bond acceptors (Lipinski definition) is 5. The van der Waals surface area contributed by atoms with Crippen molar-refractivity contribution in [2.75, 3.05) is 5.32 Å². The molecule has 0 bridgehead atoms. The molecule has 0 radical (unpaired) electrons. The topological polar surface area (TPSA) is 67.8 Å². The van der Waals surface area contributed by atoms with Crippen molar-refractivity contribution in [1.82, 2.24) is 15.2 Å². The molecule has 0 unspecified atom stereocenters. The predicted molar refractivity (Wildman–Crippen MR) is 78.4 cm³/mol. The van der Waals surface area contributed by atoms with Crippen molar-refractivity contribution < 1.29 is 4.79 Å². The average Bonchev–Trinajstić information content (AvgIpc) is 2.84. The Bertz CT molecular complexity index is 572. The maximum Gasteiger partial charge on any atom is 0.259 e. The molecule has 2 heterocycles. The molecule has 7 heteroatoms. The van der Waals surface area contributed by atoms with E-state index in [-0.39, 0.29) is 5.91 Å². The van der Waals surface area contributed by atoms with E-state index in [1.165, 1.54) is 17.5 Å². The van der Waals surface area contributed by atoms with Gasteiger partial charge < -0.3 is 0 Å². The second-order valence-corrected chi connectivity index (χ2v) is 5.93. The number of rotatable bonds is 5. The lowest BCUT2D eigenvalue weighted by atomic mass is 10.3. The molecule has 19 heavy (non-hydrogen) atoms. The molecular formula is C12H13BrN4OS. The van der Waals surface area contributed by atoms with Crippen molar-refractivity contribution in [3.63, 3.8) is 0 Å². The van der Waals surface area contributed by atoms with Crippen LogP contribution in [0.1, 0.15) is 35.1 Å². The molecule has 0 atom stereocenters. The van der Waals surface area contributed by atoms with Gasteiger partial charge in [0.15, 0.2) is 0 Å². The van der Waals surface area contributed by atoms with Gasteiger partial charge in [-0.1, -0.05) is 24.7 Å². The first-order chi connectivity index (χ1) is 9.19. The number of unbranched alkanes of at least 4 members (excludes halogenated alkanes) is 1. The van der Waals surface area contributed by atoms with Crippen LogP contribution >= 0.6 is 27.3 Å². The normalized spacial score (nSPS) is 10.4. The lowest BCUT2D eigenvalue weighted by Gasteiger charge is -2.00. The zero-order chi connectivity index (χ0) is 13.7. The second-order valence-electron chi connectivity index (χ2n) is 3.95. The Morgan fingerprint density at radius 2 is 2.26 bits per heavy atom. The fourth-order valence-corrected chi connectivity index (χ4v) is 2.58. The number of hydrogen-bond donors (Lipinski definition) is 1. The highest BCUT2D eigenvalue weighted by atomic mass is 79.9. The van der Waals surface area contributed by atoms with Crippen LogP contribution in [0.15, 0.2) is 22.9 Å². The number of aromatic nitrogens is 3. The molecule has 0 fully saturated rings. The van der Waals surface area contributed by atoms with Gasteiger partial charge in [0, 0.05) is 23.3 Å². The fourth-order valence-electron chi connectivity index (χ4n) is 1.44. The Kier molecular flexibility index (Phi) is 4.98. The van der Waals surface area contributed by atoms with Crippen LogP contribution in [0.4, 0.5) is 5.13 Å². The molecule has 0 aliphatic heterocycles. The van der Waals surface area contributed by atoms with E-state index in [1.54, 1.807) is 12.3 Å². The summed E-state index contributed by atoms with van der Waals surface area (Å²) >= 11 is 4.69. The number of pyridine rings is 1. The fraction of sp³-hybridized carbons (Fsp3) is 0.333. The predicted octanol–water partition coefficient (Wildman–Crippen LogP) is 3.29. The van der Waals surface area contributed by atoms with E-state index in [0.717, 1.165) is 28.7 Å². The molecule has 0 aliphatic rings. The van der Waals surface area contributed by atoms with Gasteiger partial charge in [-0.05, 0) is 28.4 Å². The van der Waals surface area contributed by atoms with Gasteiger partial charge in [0.2, 0.25) is 5.13 Å². The molecule has 0 spiro atoms. The van der Waals surface area contributed by atoms with Crippen LogP contribution in [0.5, 0.6) is 0 Å². The summed E-state index contributed by atoms with van der Waals surface area (Å²) in [6, 6.07) is 1.71. The molecule has 1 amide bonds. The second kappa shape index (κ2) is 6.72. The zero-order valence-electron chi connectivity index (χ0n) is 10.4. The number of nitrogens with one attached hydrogen (secondary N) is 1. The van der Waals surface area contributed by atoms with Crippen LogP contribution in [0.2, 0.25) is 0 Å². The zero-order valence-corrected chi connectivity index (χ0v) is 12.8. The third kappa shape index (κ3) is 4.07. The standard InChI is InChI=1S/C12H13BrN4OS/c1-2-3-4-10-16-17-12(19-10)15-11(18)8-5-9(13)7-14-6-8/h5-7H,2-4H2,1H3,(H,15,17,18). The summed E-state index contributed by atoms with van der Waals surface area (Å²) in [4.78, 5) is 15.9. The van der Waals surface area contributed by atoms with Gasteiger partial charge in [-0.15, -0.1) is 10.2 Å². The van der Waals surface area contributed by atoms with E-state index in [0.29, 0.717) is 10.7 Å². The van der Waals surface area contributed by atoms with E-state index in [9.17, 15) is 4.79 Å². The highest BCUT2D eigenvalue weighted by Gasteiger charge is 2.10. The van der Waals surface area contributed by atoms with Crippen LogP contribution in [0.3, 0.4) is 0 Å². The molecule has 0 saturated carbocycles. The molecule has 2 aromatic rings. The molecule has 5 nitrogen and oxygen atoms in total. The summed E-state index contributed by atoms with van der Waals surface area (Å²) in [5, 5.41) is 12.2. The maximum atomic E-state index is 12.0. The largest absolute Gasteiger partial charge is 0.296 e. The van der Waals surface area contributed by atoms with Gasteiger partial charge in [-0.25, -0.2) is 0 Å². The third-order valence-electron chi connectivity index (χ3n) is 2.40. The highest BCUT2D eigenvalue weighted by Crippen LogP contribution is 2.18. The van der Waals surface area contributed by atoms with E-state index >= 15 is 0 Å². The van der Waals surface area contributed by atoms with Crippen molar-refractivity contribution in [2.45, 2.75) is 26.2 Å². The Morgan fingerprint density at radius 1 is 1.42 bits per heavy atom. The number of carbonyl (C=O) groups is 1. The Hall–Kier alpha value is -1.34. The number of anilines is 1. The lowest BCUT2D eigenvalue weighted by Crippen LogP contribution is -2.11. The van der Waals surface area contributed by atoms with Crippen molar-refractivity contribution in [3.05, 3.63) is 33.5 Å². The molecule has 1 N–H and O–H groups in total. The van der Waals surface area contributed by atoms with Crippen molar-refractivity contribution >= 4 is 38.3 Å². The van der Waals surface area contributed by atoms with Gasteiger partial charge in [-0.2, -0.15) is 0 Å². The number of nitrogens with zero attached hydrogens (tertiary/aromatic N) is 3. The Balaban J connectivity index is 2.00. The van der Waals surface area contributed by atoms with Gasteiger partial charge >= 0.3 is 0 Å². The van der Waals surface area contributed by atoms with Gasteiger partial charge in [0.25, 0.3) is 5.91 Å². The minimum absolute atomic E-state index is 0.230. The smallest absolute Gasteiger partial charge is 0.259 e. The third-order valence-corrected chi connectivity index (χ3v) is 3.73. The summed E-state index contributed by atoms with van der Waals surface area (Å²) in [6.45, 7) is 2.13. The molecule has 2 aromatic heterocycles. The Morgan fingerprint density at radius 3 is 3.00 bits per heavy atom. The van der Waals surface area contributed by atoms with Crippen LogP contribution in [0, 0.1) is 0 Å². The molecule has 2 rings (SSSR count). The number of amides is 1. The van der Waals surface area contributed by atoms with Gasteiger partial charge in [0.1, 0.15) is 5.01 Å². The van der Waals surface area contributed by atoms with E-state index in [1.807, 2.05) is 0 Å². The van der Waals surface area contributed by atoms with Crippen LogP contribution < -0.4 is 5.32 Å². The van der Waals surface area contributed by atoms with Crippen molar-refractivity contribution in [3.8, 4) is 0 Å². The van der Waals surface area contributed by atoms with Crippen LogP contribution in [-0.4, -0.2) is 21.1 Å². The van der Waals surface area contributed by atoms with Gasteiger partial charge in [0.05, 0.1) is 5.56 Å². The lowest BCUT2D eigenvalue weighted by molar-refractivity contribution is 0.102. The Labute approximate surface area is 123 Å². The minimum atomic E-state index is -0.230. The first-order valence-electron chi connectivity index (χ1n) is 5.93. The molecule has 0 aliphatic carbocycles. The summed E-state index contributed by atoms with van der Waals surface area (Å²) in [5.41, 5.74) is 0.486. The van der Waals surface area contributed by atoms with E-state index in [2.05, 4.69) is 43.4 Å². The van der Waals surface area contributed by atoms with E-state index in [4.69, 9.17) is 0 Å². The summed E-state index contributed by atoms with van der Waals surface area (Å²) in [6.07, 6.45) is 6.25. The van der Waals surface area contributed by atoms with Crippen LogP contribution in [0.25, 0.3) is 0 Å². The summed E-state index contributed by atoms with van der Waals surface area (Å²) in [7, 11) is 0. The molecular weight excluding hydrogens is 328 g/mol. The minimum Gasteiger partial charge on any atom is -0.296 e.